The lowest BCUT2D eigenvalue weighted by Gasteiger charge is -2.12. The molecule has 0 aliphatic heterocycles. The number of anilines is 1. The summed E-state index contributed by atoms with van der Waals surface area (Å²) in [6.07, 6.45) is 2.07. The Morgan fingerprint density at radius 3 is 2.35 bits per heavy atom. The van der Waals surface area contributed by atoms with Gasteiger partial charge in [0.2, 0.25) is 0 Å². The predicted octanol–water partition coefficient (Wildman–Crippen LogP) is 5.58. The number of carbonyl (C=O) groups excluding carboxylic acids is 2. The minimum Gasteiger partial charge on any atom is -0.493 e. The lowest BCUT2D eigenvalue weighted by atomic mass is 10.0. The van der Waals surface area contributed by atoms with Crippen molar-refractivity contribution in [2.75, 3.05) is 32.8 Å². The lowest BCUT2D eigenvalue weighted by Crippen LogP contribution is -2.21. The van der Waals surface area contributed by atoms with Crippen molar-refractivity contribution >= 4 is 28.2 Å². The van der Waals surface area contributed by atoms with E-state index in [0.29, 0.717) is 27.8 Å². The maximum atomic E-state index is 12.8. The van der Waals surface area contributed by atoms with Gasteiger partial charge >= 0.3 is 5.97 Å². The van der Waals surface area contributed by atoms with Crippen LogP contribution in [0.2, 0.25) is 0 Å². The molecule has 3 aromatic rings. The summed E-state index contributed by atoms with van der Waals surface area (Å²) in [5, 5.41) is 4.99. The van der Waals surface area contributed by atoms with Crippen LogP contribution >= 0.6 is 11.3 Å². The van der Waals surface area contributed by atoms with Crippen LogP contribution in [0.4, 0.5) is 5.00 Å². The molecule has 3 rings (SSSR count). The second-order valence-electron chi connectivity index (χ2n) is 7.37. The molecule has 0 unspecified atom stereocenters. The molecule has 8 heteroatoms. The zero-order valence-electron chi connectivity index (χ0n) is 19.8. The number of thiophene rings is 1. The van der Waals surface area contributed by atoms with E-state index in [1.165, 1.54) is 16.9 Å². The Balaban J connectivity index is 1.79. The third kappa shape index (κ3) is 6.08. The molecule has 0 bridgehead atoms. The van der Waals surface area contributed by atoms with Crippen LogP contribution in [-0.4, -0.2) is 39.3 Å². The van der Waals surface area contributed by atoms with Crippen molar-refractivity contribution in [2.45, 2.75) is 26.7 Å². The molecule has 2 aromatic carbocycles. The largest absolute Gasteiger partial charge is 0.493 e. The van der Waals surface area contributed by atoms with Gasteiger partial charge < -0.3 is 24.3 Å². The molecule has 180 valence electrons. The van der Waals surface area contributed by atoms with Gasteiger partial charge in [-0.05, 0) is 48.7 Å². The van der Waals surface area contributed by atoms with E-state index in [1.807, 2.05) is 30.3 Å². The van der Waals surface area contributed by atoms with Gasteiger partial charge in [-0.3, -0.25) is 4.79 Å². The van der Waals surface area contributed by atoms with Gasteiger partial charge in [-0.1, -0.05) is 31.5 Å². The molecule has 0 aliphatic rings. The Kier molecular flexibility index (Phi) is 8.93. The first-order valence-corrected chi connectivity index (χ1v) is 11.9. The number of carbonyl (C=O) groups is 2. The molecular weight excluding hydrogens is 454 g/mol. The maximum absolute atomic E-state index is 12.8. The van der Waals surface area contributed by atoms with E-state index in [-0.39, 0.29) is 24.7 Å². The first kappa shape index (κ1) is 25.1. The zero-order chi connectivity index (χ0) is 24.5. The average Bonchev–Trinajstić information content (AvgIpc) is 3.27. The van der Waals surface area contributed by atoms with Crippen molar-refractivity contribution in [1.29, 1.82) is 0 Å². The second kappa shape index (κ2) is 12.1. The molecule has 0 radical (unpaired) electrons. The van der Waals surface area contributed by atoms with E-state index in [4.69, 9.17) is 18.9 Å². The fourth-order valence-electron chi connectivity index (χ4n) is 3.42. The molecule has 7 nitrogen and oxygen atoms in total. The Morgan fingerprint density at radius 1 is 0.971 bits per heavy atom. The molecule has 1 amide bonds. The SMILES string of the molecule is CCCc1ccc(OCC(=O)Nc2scc(-c3ccc(OC)c(OC)c3)c2C(=O)OCC)cc1. The summed E-state index contributed by atoms with van der Waals surface area (Å²) in [5.41, 5.74) is 2.88. The fraction of sp³-hybridized carbons (Fsp3) is 0.308. The Morgan fingerprint density at radius 2 is 1.71 bits per heavy atom. The number of hydrogen-bond acceptors (Lipinski definition) is 7. The third-order valence-corrected chi connectivity index (χ3v) is 5.95. The van der Waals surface area contributed by atoms with E-state index in [1.54, 1.807) is 38.7 Å². The molecule has 0 spiro atoms. The standard InChI is InChI=1S/C26H29NO6S/c1-5-7-17-8-11-19(12-9-17)33-15-23(28)27-25-24(26(29)32-6-2)20(16-34-25)18-10-13-21(30-3)22(14-18)31-4/h8-14,16H,5-7,15H2,1-4H3,(H,27,28). The highest BCUT2D eigenvalue weighted by molar-refractivity contribution is 7.15. The highest BCUT2D eigenvalue weighted by Crippen LogP contribution is 2.39. The average molecular weight is 484 g/mol. The Hall–Kier alpha value is -3.52. The molecule has 0 saturated carbocycles. The summed E-state index contributed by atoms with van der Waals surface area (Å²) in [4.78, 5) is 25.4. The highest BCUT2D eigenvalue weighted by atomic mass is 32.1. The molecule has 34 heavy (non-hydrogen) atoms. The van der Waals surface area contributed by atoms with E-state index in [2.05, 4.69) is 12.2 Å². The van der Waals surface area contributed by atoms with Crippen LogP contribution in [0, 0.1) is 0 Å². The maximum Gasteiger partial charge on any atom is 0.341 e. The summed E-state index contributed by atoms with van der Waals surface area (Å²) in [6, 6.07) is 13.0. The normalized spacial score (nSPS) is 10.5. The number of nitrogens with one attached hydrogen (secondary N) is 1. The van der Waals surface area contributed by atoms with Gasteiger partial charge in [0.15, 0.2) is 18.1 Å². The predicted molar refractivity (Wildman–Crippen MR) is 133 cm³/mol. The van der Waals surface area contributed by atoms with Crippen LogP contribution in [0.1, 0.15) is 36.2 Å². The number of rotatable bonds is 11. The lowest BCUT2D eigenvalue weighted by molar-refractivity contribution is -0.118. The number of amides is 1. The van der Waals surface area contributed by atoms with Gasteiger partial charge in [0.05, 0.1) is 20.8 Å². The molecule has 0 saturated heterocycles. The Labute approximate surface area is 203 Å². The van der Waals surface area contributed by atoms with Gasteiger partial charge in [0.1, 0.15) is 16.3 Å². The fourth-order valence-corrected chi connectivity index (χ4v) is 4.40. The van der Waals surface area contributed by atoms with Crippen LogP contribution in [0.5, 0.6) is 17.2 Å². The first-order chi connectivity index (χ1) is 16.5. The van der Waals surface area contributed by atoms with E-state index >= 15 is 0 Å². The highest BCUT2D eigenvalue weighted by Gasteiger charge is 2.23. The minimum atomic E-state index is -0.517. The van der Waals surface area contributed by atoms with Crippen molar-refractivity contribution in [3.05, 3.63) is 59.0 Å². The molecule has 0 aliphatic carbocycles. The quantitative estimate of drug-likeness (QED) is 0.359. The van der Waals surface area contributed by atoms with Crippen LogP contribution in [0.15, 0.2) is 47.8 Å². The summed E-state index contributed by atoms with van der Waals surface area (Å²) in [7, 11) is 3.10. The van der Waals surface area contributed by atoms with Crippen LogP contribution in [-0.2, 0) is 16.0 Å². The smallest absolute Gasteiger partial charge is 0.341 e. The zero-order valence-corrected chi connectivity index (χ0v) is 20.6. The molecular formula is C26H29NO6S. The summed E-state index contributed by atoms with van der Waals surface area (Å²) >= 11 is 1.25. The molecule has 1 heterocycles. The van der Waals surface area contributed by atoms with Gasteiger partial charge in [-0.2, -0.15) is 0 Å². The van der Waals surface area contributed by atoms with E-state index < -0.39 is 5.97 Å². The Bertz CT molecular complexity index is 1120. The number of ether oxygens (including phenoxy) is 4. The van der Waals surface area contributed by atoms with Crippen molar-refractivity contribution in [3.8, 4) is 28.4 Å². The second-order valence-corrected chi connectivity index (χ2v) is 8.25. The van der Waals surface area contributed by atoms with Crippen LogP contribution < -0.4 is 19.5 Å². The number of aryl methyl sites for hydroxylation is 1. The van der Waals surface area contributed by atoms with Crippen molar-refractivity contribution in [1.82, 2.24) is 0 Å². The van der Waals surface area contributed by atoms with Gasteiger partial charge in [0, 0.05) is 10.9 Å². The first-order valence-electron chi connectivity index (χ1n) is 11.0. The van der Waals surface area contributed by atoms with Crippen molar-refractivity contribution in [3.63, 3.8) is 0 Å². The van der Waals surface area contributed by atoms with Crippen LogP contribution in [0.25, 0.3) is 11.1 Å². The third-order valence-electron chi connectivity index (χ3n) is 5.05. The number of methoxy groups -OCH3 is 2. The summed E-state index contributed by atoms with van der Waals surface area (Å²) in [6.45, 7) is 3.89. The molecule has 1 N–H and O–H groups in total. The number of esters is 1. The monoisotopic (exact) mass is 483 g/mol. The van der Waals surface area contributed by atoms with Gasteiger partial charge in [-0.25, -0.2) is 4.79 Å². The molecule has 1 aromatic heterocycles. The molecule has 0 atom stereocenters. The minimum absolute atomic E-state index is 0.182. The van der Waals surface area contributed by atoms with Gasteiger partial charge in [-0.15, -0.1) is 11.3 Å². The number of benzene rings is 2. The molecule has 0 fully saturated rings. The van der Waals surface area contributed by atoms with E-state index in [0.717, 1.165) is 18.4 Å². The topological polar surface area (TPSA) is 83.1 Å². The summed E-state index contributed by atoms with van der Waals surface area (Å²) < 4.78 is 21.6. The van der Waals surface area contributed by atoms with Gasteiger partial charge in [0.25, 0.3) is 5.91 Å². The van der Waals surface area contributed by atoms with Crippen LogP contribution in [0.3, 0.4) is 0 Å². The van der Waals surface area contributed by atoms with Crippen molar-refractivity contribution < 1.29 is 28.5 Å². The van der Waals surface area contributed by atoms with Crippen molar-refractivity contribution in [2.24, 2.45) is 0 Å². The number of hydrogen-bond donors (Lipinski definition) is 1. The van der Waals surface area contributed by atoms with E-state index in [9.17, 15) is 9.59 Å². The summed E-state index contributed by atoms with van der Waals surface area (Å²) in [5.74, 6) is 0.829.